The van der Waals surface area contributed by atoms with Crippen LogP contribution in [0.4, 0.5) is 0 Å². The van der Waals surface area contributed by atoms with Crippen LogP contribution in [0.15, 0.2) is 36.9 Å². The van der Waals surface area contributed by atoms with Gasteiger partial charge in [-0.15, -0.1) is 0 Å². The van der Waals surface area contributed by atoms with Gasteiger partial charge in [-0.25, -0.2) is 9.78 Å². The van der Waals surface area contributed by atoms with E-state index in [2.05, 4.69) is 4.98 Å². The van der Waals surface area contributed by atoms with Gasteiger partial charge in [-0.05, 0) is 18.2 Å². The fourth-order valence-electron chi connectivity index (χ4n) is 1.43. The molecule has 0 unspecified atom stereocenters. The van der Waals surface area contributed by atoms with Gasteiger partial charge in [0.15, 0.2) is 0 Å². The van der Waals surface area contributed by atoms with E-state index >= 15 is 0 Å². The van der Waals surface area contributed by atoms with Crippen molar-refractivity contribution in [3.63, 3.8) is 0 Å². The summed E-state index contributed by atoms with van der Waals surface area (Å²) in [7, 11) is 0. The normalized spacial score (nSPS) is 10.3. The molecule has 18 heavy (non-hydrogen) atoms. The molecule has 6 heteroatoms. The molecule has 2 aromatic rings. The number of benzene rings is 1. The van der Waals surface area contributed by atoms with E-state index in [9.17, 15) is 4.79 Å². The topological polar surface area (TPSA) is 64.3 Å². The van der Waals surface area contributed by atoms with Crippen LogP contribution in [0.5, 0.6) is 5.75 Å². The van der Waals surface area contributed by atoms with Crippen molar-refractivity contribution in [3.8, 4) is 5.75 Å². The van der Waals surface area contributed by atoms with E-state index in [0.717, 1.165) is 0 Å². The zero-order valence-electron chi connectivity index (χ0n) is 9.41. The second-order valence-corrected chi connectivity index (χ2v) is 4.01. The predicted molar refractivity (Wildman–Crippen MR) is 66.1 cm³/mol. The van der Waals surface area contributed by atoms with Crippen molar-refractivity contribution in [2.75, 3.05) is 6.61 Å². The fourth-order valence-corrected chi connectivity index (χ4v) is 1.67. The molecule has 1 aromatic heterocycles. The number of carboxylic acid groups (broad SMARTS) is 1. The van der Waals surface area contributed by atoms with Crippen LogP contribution in [-0.2, 0) is 6.54 Å². The lowest BCUT2D eigenvalue weighted by atomic mass is 10.2. The van der Waals surface area contributed by atoms with Crippen LogP contribution in [0, 0.1) is 0 Å². The molecule has 1 heterocycles. The Bertz CT molecular complexity index is 540. The third-order valence-electron chi connectivity index (χ3n) is 2.35. The Kier molecular flexibility index (Phi) is 3.84. The number of aromatic carboxylic acids is 1. The number of nitrogens with zero attached hydrogens (tertiary/aromatic N) is 2. The largest absolute Gasteiger partial charge is 0.490 e. The van der Waals surface area contributed by atoms with Crippen LogP contribution in [0.25, 0.3) is 0 Å². The van der Waals surface area contributed by atoms with Crippen LogP contribution in [0.2, 0.25) is 5.02 Å². The molecule has 0 spiro atoms. The van der Waals surface area contributed by atoms with Gasteiger partial charge in [0.1, 0.15) is 12.4 Å². The monoisotopic (exact) mass is 266 g/mol. The van der Waals surface area contributed by atoms with Crippen LogP contribution >= 0.6 is 11.6 Å². The van der Waals surface area contributed by atoms with E-state index in [-0.39, 0.29) is 5.56 Å². The number of halogens is 1. The molecular weight excluding hydrogens is 256 g/mol. The zero-order chi connectivity index (χ0) is 13.0. The molecule has 1 aromatic carbocycles. The maximum atomic E-state index is 10.7. The van der Waals surface area contributed by atoms with E-state index in [1.165, 1.54) is 12.1 Å². The third kappa shape index (κ3) is 3.01. The molecule has 0 aliphatic heterocycles. The number of ether oxygens (including phenoxy) is 1. The minimum absolute atomic E-state index is 0.141. The minimum Gasteiger partial charge on any atom is -0.490 e. The van der Waals surface area contributed by atoms with Crippen molar-refractivity contribution in [2.45, 2.75) is 6.54 Å². The maximum Gasteiger partial charge on any atom is 0.335 e. The highest BCUT2D eigenvalue weighted by Crippen LogP contribution is 2.25. The number of rotatable bonds is 5. The molecule has 0 radical (unpaired) electrons. The highest BCUT2D eigenvalue weighted by Gasteiger charge is 2.07. The van der Waals surface area contributed by atoms with E-state index in [1.54, 1.807) is 18.6 Å². The Hall–Kier alpha value is -2.01. The Balaban J connectivity index is 1.95. The number of hydrogen-bond donors (Lipinski definition) is 1. The molecule has 0 amide bonds. The molecule has 0 bridgehead atoms. The summed E-state index contributed by atoms with van der Waals surface area (Å²) in [4.78, 5) is 14.6. The van der Waals surface area contributed by atoms with Crippen molar-refractivity contribution in [2.24, 2.45) is 0 Å². The standard InChI is InChI=1S/C12H11ClN2O3/c13-10-7-9(12(16)17)1-2-11(10)18-6-5-15-4-3-14-8-15/h1-4,7-8H,5-6H2,(H,16,17). The number of hydrogen-bond acceptors (Lipinski definition) is 3. The average Bonchev–Trinajstić information content (AvgIpc) is 2.84. The van der Waals surface area contributed by atoms with E-state index < -0.39 is 5.97 Å². The summed E-state index contributed by atoms with van der Waals surface area (Å²) >= 11 is 5.93. The molecular formula is C12H11ClN2O3. The average molecular weight is 267 g/mol. The lowest BCUT2D eigenvalue weighted by Crippen LogP contribution is -2.07. The SMILES string of the molecule is O=C(O)c1ccc(OCCn2ccnc2)c(Cl)c1. The molecule has 94 valence electrons. The first-order chi connectivity index (χ1) is 8.66. The lowest BCUT2D eigenvalue weighted by Gasteiger charge is -2.08. The van der Waals surface area contributed by atoms with Crippen molar-refractivity contribution in [1.29, 1.82) is 0 Å². The predicted octanol–water partition coefficient (Wildman–Crippen LogP) is 2.31. The van der Waals surface area contributed by atoms with E-state index in [0.29, 0.717) is 23.9 Å². The first-order valence-corrected chi connectivity index (χ1v) is 5.66. The Morgan fingerprint density at radius 1 is 1.50 bits per heavy atom. The van der Waals surface area contributed by atoms with Gasteiger partial charge in [-0.2, -0.15) is 0 Å². The summed E-state index contributed by atoms with van der Waals surface area (Å²) in [6.07, 6.45) is 5.21. The van der Waals surface area contributed by atoms with Gasteiger partial charge in [0, 0.05) is 12.4 Å². The first-order valence-electron chi connectivity index (χ1n) is 5.28. The second kappa shape index (κ2) is 5.55. The first kappa shape index (κ1) is 12.4. The lowest BCUT2D eigenvalue weighted by molar-refractivity contribution is 0.0697. The molecule has 2 rings (SSSR count). The highest BCUT2D eigenvalue weighted by molar-refractivity contribution is 6.32. The van der Waals surface area contributed by atoms with E-state index in [1.807, 2.05) is 10.8 Å². The Labute approximate surface area is 109 Å². The van der Waals surface area contributed by atoms with Gasteiger partial charge in [0.2, 0.25) is 0 Å². The molecule has 0 aliphatic carbocycles. The Morgan fingerprint density at radius 2 is 2.33 bits per heavy atom. The van der Waals surface area contributed by atoms with Crippen molar-refractivity contribution >= 4 is 17.6 Å². The van der Waals surface area contributed by atoms with Crippen LogP contribution in [0.1, 0.15) is 10.4 Å². The maximum absolute atomic E-state index is 10.7. The number of carboxylic acids is 1. The molecule has 1 N–H and O–H groups in total. The molecule has 5 nitrogen and oxygen atoms in total. The van der Waals surface area contributed by atoms with Crippen molar-refractivity contribution in [3.05, 3.63) is 47.5 Å². The summed E-state index contributed by atoms with van der Waals surface area (Å²) in [6, 6.07) is 4.39. The van der Waals surface area contributed by atoms with Crippen molar-refractivity contribution in [1.82, 2.24) is 9.55 Å². The van der Waals surface area contributed by atoms with Crippen LogP contribution < -0.4 is 4.74 Å². The quantitative estimate of drug-likeness (QED) is 0.902. The summed E-state index contributed by atoms with van der Waals surface area (Å²) in [5.74, 6) is -0.538. The smallest absolute Gasteiger partial charge is 0.335 e. The van der Waals surface area contributed by atoms with Gasteiger partial charge < -0.3 is 14.4 Å². The third-order valence-corrected chi connectivity index (χ3v) is 2.64. The van der Waals surface area contributed by atoms with E-state index in [4.69, 9.17) is 21.4 Å². The fraction of sp³-hybridized carbons (Fsp3) is 0.167. The summed E-state index contributed by atoms with van der Waals surface area (Å²) in [5.41, 5.74) is 0.141. The highest BCUT2D eigenvalue weighted by atomic mass is 35.5. The molecule has 0 fully saturated rings. The minimum atomic E-state index is -1.01. The Morgan fingerprint density at radius 3 is 2.94 bits per heavy atom. The molecule has 0 atom stereocenters. The van der Waals surface area contributed by atoms with Gasteiger partial charge in [-0.1, -0.05) is 11.6 Å². The van der Waals surface area contributed by atoms with Crippen LogP contribution in [-0.4, -0.2) is 27.2 Å². The van der Waals surface area contributed by atoms with Crippen molar-refractivity contribution < 1.29 is 14.6 Å². The molecule has 0 aliphatic rings. The number of imidazole rings is 1. The number of aromatic nitrogens is 2. The van der Waals surface area contributed by atoms with Crippen LogP contribution in [0.3, 0.4) is 0 Å². The van der Waals surface area contributed by atoms with Gasteiger partial charge in [0.25, 0.3) is 0 Å². The summed E-state index contributed by atoms with van der Waals surface area (Å²) in [5, 5.41) is 9.08. The molecule has 0 saturated carbocycles. The number of carbonyl (C=O) groups is 1. The van der Waals surface area contributed by atoms with Gasteiger partial charge >= 0.3 is 5.97 Å². The van der Waals surface area contributed by atoms with Gasteiger partial charge in [0.05, 0.1) is 23.5 Å². The summed E-state index contributed by atoms with van der Waals surface area (Å²) < 4.78 is 7.35. The van der Waals surface area contributed by atoms with Gasteiger partial charge in [-0.3, -0.25) is 0 Å². The molecule has 0 saturated heterocycles. The zero-order valence-corrected chi connectivity index (χ0v) is 10.2. The summed E-state index contributed by atoms with van der Waals surface area (Å²) in [6.45, 7) is 1.08. The second-order valence-electron chi connectivity index (χ2n) is 3.60.